The minimum absolute atomic E-state index is 0. The van der Waals surface area contributed by atoms with Gasteiger partial charge in [-0.25, -0.2) is 8.78 Å². The zero-order chi connectivity index (χ0) is 12.1. The topological polar surface area (TPSA) is 102 Å². The van der Waals surface area contributed by atoms with Crippen LogP contribution in [0.3, 0.4) is 0 Å². The molecular formula is C8H17Cl2F2N3O2. The van der Waals surface area contributed by atoms with Gasteiger partial charge >= 0.3 is 5.97 Å². The Labute approximate surface area is 110 Å². The van der Waals surface area contributed by atoms with Gasteiger partial charge in [-0.15, -0.1) is 24.8 Å². The van der Waals surface area contributed by atoms with E-state index in [1.807, 2.05) is 0 Å². The number of hydrogen-bond acceptors (Lipinski definition) is 3. The van der Waals surface area contributed by atoms with Gasteiger partial charge in [0, 0.05) is 19.4 Å². The van der Waals surface area contributed by atoms with Crippen LogP contribution in [0.2, 0.25) is 0 Å². The molecule has 5 nitrogen and oxygen atoms in total. The molecule has 0 radical (unpaired) electrons. The molecule has 0 aliphatic heterocycles. The molecule has 0 rings (SSSR count). The lowest BCUT2D eigenvalue weighted by Crippen LogP contribution is -2.37. The highest BCUT2D eigenvalue weighted by Crippen LogP contribution is 2.24. The molecule has 17 heavy (non-hydrogen) atoms. The van der Waals surface area contributed by atoms with Gasteiger partial charge in [0.25, 0.3) is 5.92 Å². The number of carboxylic acids is 1. The van der Waals surface area contributed by atoms with Gasteiger partial charge < -0.3 is 16.6 Å². The number of halogens is 4. The van der Waals surface area contributed by atoms with Crippen molar-refractivity contribution >= 4 is 36.6 Å². The largest absolute Gasteiger partial charge is 0.480 e. The fraction of sp³-hybridized carbons (Fsp3) is 0.750. The molecule has 104 valence electrons. The molecule has 0 unspecified atom stereocenters. The number of aliphatic imine (C=N–C) groups is 1. The lowest BCUT2D eigenvalue weighted by molar-refractivity contribution is -0.141. The first kappa shape index (κ1) is 21.6. The van der Waals surface area contributed by atoms with Crippen molar-refractivity contribution in [3.8, 4) is 0 Å². The highest BCUT2D eigenvalue weighted by Gasteiger charge is 2.33. The number of nitrogens with zero attached hydrogens (tertiary/aromatic N) is 1. The Bertz CT molecular complexity index is 261. The van der Waals surface area contributed by atoms with Gasteiger partial charge in [-0.1, -0.05) is 0 Å². The van der Waals surface area contributed by atoms with Gasteiger partial charge in [0.1, 0.15) is 6.04 Å². The molecule has 0 aliphatic rings. The van der Waals surface area contributed by atoms with Gasteiger partial charge in [0.2, 0.25) is 0 Å². The Hall–Kier alpha value is -0.660. The lowest BCUT2D eigenvalue weighted by atomic mass is 10.1. The van der Waals surface area contributed by atoms with E-state index in [9.17, 15) is 13.6 Å². The third-order valence-electron chi connectivity index (χ3n) is 1.67. The minimum Gasteiger partial charge on any atom is -0.480 e. The molecule has 0 saturated heterocycles. The predicted octanol–water partition coefficient (Wildman–Crippen LogP) is 1.03. The second-order valence-electron chi connectivity index (χ2n) is 3.28. The van der Waals surface area contributed by atoms with E-state index in [1.165, 1.54) is 6.92 Å². The van der Waals surface area contributed by atoms with E-state index in [0.29, 0.717) is 0 Å². The first-order chi connectivity index (χ1) is 6.74. The number of rotatable bonds is 6. The Morgan fingerprint density at radius 3 is 2.29 bits per heavy atom. The van der Waals surface area contributed by atoms with E-state index in [4.69, 9.17) is 16.6 Å². The second-order valence-corrected chi connectivity index (χ2v) is 3.28. The first-order valence-corrected chi connectivity index (χ1v) is 4.37. The number of alkyl halides is 2. The molecule has 0 fully saturated rings. The number of aliphatic carboxylic acids is 1. The Morgan fingerprint density at radius 2 is 1.94 bits per heavy atom. The standard InChI is InChI=1S/C8H15F2N3O2.2ClH/c1-5(11)13-3-2-8(9,10)4-6(12)7(14)15;;/h6H,2-4,12H2,1H3,(H2,11,13)(H,14,15);2*1H/t6-;;/m0../s1. The fourth-order valence-corrected chi connectivity index (χ4v) is 0.907. The van der Waals surface area contributed by atoms with E-state index in [0.717, 1.165) is 0 Å². The predicted molar refractivity (Wildman–Crippen MR) is 66.5 cm³/mol. The zero-order valence-electron chi connectivity index (χ0n) is 9.23. The van der Waals surface area contributed by atoms with Crippen LogP contribution in [0.4, 0.5) is 8.78 Å². The molecule has 0 aromatic carbocycles. The molecule has 9 heteroatoms. The molecular weight excluding hydrogens is 279 g/mol. The van der Waals surface area contributed by atoms with Gasteiger partial charge in [0.15, 0.2) is 0 Å². The fourth-order valence-electron chi connectivity index (χ4n) is 0.907. The smallest absolute Gasteiger partial charge is 0.320 e. The van der Waals surface area contributed by atoms with Crippen LogP contribution in [-0.2, 0) is 4.79 Å². The molecule has 0 aliphatic carbocycles. The summed E-state index contributed by atoms with van der Waals surface area (Å²) in [7, 11) is 0. The molecule has 5 N–H and O–H groups in total. The summed E-state index contributed by atoms with van der Waals surface area (Å²) >= 11 is 0. The van der Waals surface area contributed by atoms with E-state index >= 15 is 0 Å². The molecule has 0 spiro atoms. The minimum atomic E-state index is -3.13. The maximum Gasteiger partial charge on any atom is 0.320 e. The van der Waals surface area contributed by atoms with Crippen LogP contribution >= 0.6 is 24.8 Å². The molecule has 0 amide bonds. The van der Waals surface area contributed by atoms with Crippen molar-refractivity contribution in [1.82, 2.24) is 0 Å². The Balaban J connectivity index is -0.000000980. The number of carbonyl (C=O) groups is 1. The molecule has 0 heterocycles. The number of hydrogen-bond donors (Lipinski definition) is 3. The third kappa shape index (κ3) is 11.6. The molecule has 0 aromatic rings. The summed E-state index contributed by atoms with van der Waals surface area (Å²) in [6.45, 7) is 1.35. The van der Waals surface area contributed by atoms with Gasteiger partial charge in [-0.3, -0.25) is 9.79 Å². The van der Waals surface area contributed by atoms with Crippen LogP contribution in [0.1, 0.15) is 19.8 Å². The first-order valence-electron chi connectivity index (χ1n) is 4.37. The van der Waals surface area contributed by atoms with Crippen molar-refractivity contribution in [2.75, 3.05) is 6.54 Å². The highest BCUT2D eigenvalue weighted by atomic mass is 35.5. The maximum absolute atomic E-state index is 13.0. The summed E-state index contributed by atoms with van der Waals surface area (Å²) in [6.07, 6.45) is -1.44. The van der Waals surface area contributed by atoms with Gasteiger partial charge in [-0.2, -0.15) is 0 Å². The summed E-state index contributed by atoms with van der Waals surface area (Å²) in [4.78, 5) is 13.8. The molecule has 0 saturated carbocycles. The summed E-state index contributed by atoms with van der Waals surface area (Å²) in [5, 5.41) is 8.35. The van der Waals surface area contributed by atoms with Crippen LogP contribution in [0.5, 0.6) is 0 Å². The molecule has 1 atom stereocenters. The van der Waals surface area contributed by atoms with Crippen molar-refractivity contribution < 1.29 is 18.7 Å². The van der Waals surface area contributed by atoms with Gasteiger partial charge in [0.05, 0.1) is 5.84 Å². The van der Waals surface area contributed by atoms with Crippen LogP contribution in [-0.4, -0.2) is 35.4 Å². The SMILES string of the molecule is CC(N)=NCCC(F)(F)C[C@H](N)C(=O)O.Cl.Cl. The van der Waals surface area contributed by atoms with Crippen molar-refractivity contribution in [3.05, 3.63) is 0 Å². The average Bonchev–Trinajstić information content (AvgIpc) is 2.01. The number of amidine groups is 1. The van der Waals surface area contributed by atoms with Crippen LogP contribution < -0.4 is 11.5 Å². The zero-order valence-corrected chi connectivity index (χ0v) is 10.9. The van der Waals surface area contributed by atoms with E-state index in [-0.39, 0.29) is 37.2 Å². The molecule has 0 aromatic heterocycles. The van der Waals surface area contributed by atoms with Crippen molar-refractivity contribution in [2.24, 2.45) is 16.5 Å². The number of carboxylic acid groups (broad SMARTS) is 1. The Kier molecular flexibility index (Phi) is 11.9. The van der Waals surface area contributed by atoms with E-state index < -0.39 is 30.8 Å². The highest BCUT2D eigenvalue weighted by molar-refractivity contribution is 5.85. The molecule has 0 bridgehead atoms. The van der Waals surface area contributed by atoms with E-state index in [2.05, 4.69) is 4.99 Å². The van der Waals surface area contributed by atoms with Crippen LogP contribution in [0.15, 0.2) is 4.99 Å². The van der Waals surface area contributed by atoms with Crippen molar-refractivity contribution in [1.29, 1.82) is 0 Å². The third-order valence-corrected chi connectivity index (χ3v) is 1.67. The number of nitrogens with two attached hydrogens (primary N) is 2. The average molecular weight is 296 g/mol. The summed E-state index contributed by atoms with van der Waals surface area (Å²) < 4.78 is 26.1. The summed E-state index contributed by atoms with van der Waals surface area (Å²) in [6, 6.07) is -1.55. The normalized spacial score (nSPS) is 13.3. The van der Waals surface area contributed by atoms with Crippen LogP contribution in [0.25, 0.3) is 0 Å². The monoisotopic (exact) mass is 295 g/mol. The van der Waals surface area contributed by atoms with Crippen molar-refractivity contribution in [3.63, 3.8) is 0 Å². The van der Waals surface area contributed by atoms with E-state index in [1.54, 1.807) is 0 Å². The van der Waals surface area contributed by atoms with Gasteiger partial charge in [-0.05, 0) is 6.92 Å². The van der Waals surface area contributed by atoms with Crippen molar-refractivity contribution in [2.45, 2.75) is 31.7 Å². The van der Waals surface area contributed by atoms with Crippen LogP contribution in [0, 0.1) is 0 Å². The second kappa shape index (κ2) is 9.38. The summed E-state index contributed by atoms with van der Waals surface area (Å²) in [5.74, 6) is -4.35. The summed E-state index contributed by atoms with van der Waals surface area (Å²) in [5.41, 5.74) is 10.2. The maximum atomic E-state index is 13.0. The quantitative estimate of drug-likeness (QED) is 0.503. The lowest BCUT2D eigenvalue weighted by Gasteiger charge is -2.17. The Morgan fingerprint density at radius 1 is 1.47 bits per heavy atom.